The highest BCUT2D eigenvalue weighted by Crippen LogP contribution is 2.35. The zero-order valence-corrected chi connectivity index (χ0v) is 7.60. The first-order valence-electron chi connectivity index (χ1n) is 4.32. The van der Waals surface area contributed by atoms with Crippen molar-refractivity contribution in [1.82, 2.24) is 15.1 Å². The van der Waals surface area contributed by atoms with Gasteiger partial charge in [0.15, 0.2) is 5.69 Å². The van der Waals surface area contributed by atoms with Gasteiger partial charge >= 0.3 is 6.18 Å². The number of nitrogens with zero attached hydrogens (tertiary/aromatic N) is 2. The minimum absolute atomic E-state index is 0.180. The number of halogens is 3. The monoisotopic (exact) mass is 205 g/mol. The molecule has 14 heavy (non-hydrogen) atoms. The Labute approximate surface area is 78.9 Å². The summed E-state index contributed by atoms with van der Waals surface area (Å²) in [5, 5.41) is 6.37. The number of hydrogen-bond donors (Lipinski definition) is 1. The number of alkyl halides is 3. The van der Waals surface area contributed by atoms with Crippen molar-refractivity contribution in [3.8, 4) is 0 Å². The molecule has 2 heterocycles. The van der Waals surface area contributed by atoms with E-state index in [0.717, 1.165) is 13.0 Å². The topological polar surface area (TPSA) is 29.9 Å². The van der Waals surface area contributed by atoms with Gasteiger partial charge in [0, 0.05) is 24.8 Å². The van der Waals surface area contributed by atoms with Gasteiger partial charge in [-0.3, -0.25) is 4.68 Å². The molecule has 1 aliphatic rings. The molecule has 1 fully saturated rings. The summed E-state index contributed by atoms with van der Waals surface area (Å²) in [5.41, 5.74) is -0.511. The van der Waals surface area contributed by atoms with Gasteiger partial charge < -0.3 is 5.32 Å². The average molecular weight is 205 g/mol. The van der Waals surface area contributed by atoms with Gasteiger partial charge in [-0.05, 0) is 13.0 Å². The first-order valence-corrected chi connectivity index (χ1v) is 4.32. The normalized spacial score (nSPS) is 22.1. The second-order valence-corrected chi connectivity index (χ2v) is 3.40. The summed E-state index contributed by atoms with van der Waals surface area (Å²) in [6.07, 6.45) is -2.18. The molecule has 1 aromatic heterocycles. The van der Waals surface area contributed by atoms with E-state index in [1.807, 2.05) is 0 Å². The fourth-order valence-electron chi connectivity index (χ4n) is 1.54. The molecule has 0 saturated carbocycles. The van der Waals surface area contributed by atoms with Gasteiger partial charge in [-0.25, -0.2) is 0 Å². The van der Waals surface area contributed by atoms with Gasteiger partial charge in [0.1, 0.15) is 0 Å². The van der Waals surface area contributed by atoms with E-state index in [1.165, 1.54) is 17.9 Å². The number of nitrogens with one attached hydrogen (secondary N) is 1. The molecule has 0 aromatic carbocycles. The van der Waals surface area contributed by atoms with Crippen LogP contribution < -0.4 is 5.32 Å². The van der Waals surface area contributed by atoms with E-state index in [4.69, 9.17) is 0 Å². The number of rotatable bonds is 1. The molecule has 1 N–H and O–H groups in total. The summed E-state index contributed by atoms with van der Waals surface area (Å²) >= 11 is 0. The van der Waals surface area contributed by atoms with Gasteiger partial charge in [0.05, 0.1) is 0 Å². The van der Waals surface area contributed by atoms with Crippen LogP contribution in [0.3, 0.4) is 0 Å². The number of aromatic nitrogens is 2. The highest BCUT2D eigenvalue weighted by Gasteiger charge is 2.39. The van der Waals surface area contributed by atoms with Crippen LogP contribution in [-0.2, 0) is 13.2 Å². The smallest absolute Gasteiger partial charge is 0.310 e. The molecule has 0 radical (unpaired) electrons. The zero-order valence-electron chi connectivity index (χ0n) is 7.60. The lowest BCUT2D eigenvalue weighted by Gasteiger charge is -2.27. The van der Waals surface area contributed by atoms with E-state index in [0.29, 0.717) is 0 Å². The maximum Gasteiger partial charge on any atom is 0.435 e. The highest BCUT2D eigenvalue weighted by atomic mass is 19.4. The number of hydrogen-bond acceptors (Lipinski definition) is 2. The maximum absolute atomic E-state index is 12.5. The quantitative estimate of drug-likeness (QED) is 0.752. The summed E-state index contributed by atoms with van der Waals surface area (Å²) in [6.45, 7) is 0.775. The Morgan fingerprint density at radius 3 is 2.64 bits per heavy atom. The van der Waals surface area contributed by atoms with E-state index in [-0.39, 0.29) is 11.6 Å². The van der Waals surface area contributed by atoms with Crippen LogP contribution in [0.5, 0.6) is 0 Å². The van der Waals surface area contributed by atoms with Crippen LogP contribution in [-0.4, -0.2) is 16.3 Å². The zero-order chi connectivity index (χ0) is 10.3. The lowest BCUT2D eigenvalue weighted by atomic mass is 9.98. The number of aryl methyl sites for hydroxylation is 1. The molecular formula is C8H10F3N3. The molecule has 1 saturated heterocycles. The summed E-state index contributed by atoms with van der Waals surface area (Å²) in [4.78, 5) is 0. The lowest BCUT2D eigenvalue weighted by molar-refractivity contribution is -0.142. The van der Waals surface area contributed by atoms with Crippen molar-refractivity contribution in [3.05, 3.63) is 17.5 Å². The van der Waals surface area contributed by atoms with Crippen LogP contribution in [0.1, 0.15) is 23.7 Å². The molecule has 2 rings (SSSR count). The van der Waals surface area contributed by atoms with Crippen LogP contribution >= 0.6 is 0 Å². The fourth-order valence-corrected chi connectivity index (χ4v) is 1.54. The van der Waals surface area contributed by atoms with Crippen molar-refractivity contribution in [1.29, 1.82) is 0 Å². The third-order valence-corrected chi connectivity index (χ3v) is 2.32. The van der Waals surface area contributed by atoms with Gasteiger partial charge in [-0.2, -0.15) is 18.3 Å². The van der Waals surface area contributed by atoms with Crippen molar-refractivity contribution < 1.29 is 13.2 Å². The van der Waals surface area contributed by atoms with E-state index >= 15 is 0 Å². The summed E-state index contributed by atoms with van der Waals surface area (Å²) in [5.74, 6) is 0. The Morgan fingerprint density at radius 1 is 1.57 bits per heavy atom. The Morgan fingerprint density at radius 2 is 2.21 bits per heavy atom. The predicted octanol–water partition coefficient (Wildman–Crippen LogP) is 1.47. The molecule has 1 aliphatic heterocycles. The van der Waals surface area contributed by atoms with Crippen molar-refractivity contribution >= 4 is 0 Å². The molecule has 1 aromatic rings. The maximum atomic E-state index is 12.5. The largest absolute Gasteiger partial charge is 0.435 e. The second-order valence-electron chi connectivity index (χ2n) is 3.40. The lowest BCUT2D eigenvalue weighted by Crippen LogP contribution is -2.36. The van der Waals surface area contributed by atoms with E-state index in [2.05, 4.69) is 10.4 Å². The van der Waals surface area contributed by atoms with Crippen molar-refractivity contribution in [2.45, 2.75) is 18.6 Å². The minimum Gasteiger partial charge on any atom is -0.310 e. The molecule has 0 bridgehead atoms. The van der Waals surface area contributed by atoms with Gasteiger partial charge in [0.2, 0.25) is 0 Å². The molecular weight excluding hydrogens is 195 g/mol. The van der Waals surface area contributed by atoms with Crippen LogP contribution in [0.15, 0.2) is 6.20 Å². The highest BCUT2D eigenvalue weighted by molar-refractivity contribution is 5.25. The van der Waals surface area contributed by atoms with E-state index < -0.39 is 11.9 Å². The molecule has 1 unspecified atom stereocenters. The molecule has 78 valence electrons. The van der Waals surface area contributed by atoms with Crippen molar-refractivity contribution in [2.24, 2.45) is 7.05 Å². The third kappa shape index (κ3) is 1.50. The molecule has 3 nitrogen and oxygen atoms in total. The van der Waals surface area contributed by atoms with Crippen LogP contribution in [0.25, 0.3) is 0 Å². The first-order chi connectivity index (χ1) is 6.48. The van der Waals surface area contributed by atoms with Crippen molar-refractivity contribution in [3.63, 3.8) is 0 Å². The van der Waals surface area contributed by atoms with E-state index in [9.17, 15) is 13.2 Å². The van der Waals surface area contributed by atoms with Crippen LogP contribution in [0.2, 0.25) is 0 Å². The Balaban J connectivity index is 2.37. The molecule has 1 atom stereocenters. The Bertz CT molecular complexity index is 338. The molecule has 0 amide bonds. The molecule has 6 heteroatoms. The summed E-state index contributed by atoms with van der Waals surface area (Å²) in [6, 6.07) is -0.180. The molecule has 0 aliphatic carbocycles. The van der Waals surface area contributed by atoms with Crippen molar-refractivity contribution in [2.75, 3.05) is 6.54 Å². The second kappa shape index (κ2) is 2.98. The van der Waals surface area contributed by atoms with Gasteiger partial charge in [-0.1, -0.05) is 0 Å². The Kier molecular flexibility index (Phi) is 2.02. The standard InChI is InChI=1S/C8H10F3N3/c1-14-4-5(6-2-3-12-6)7(13-14)8(9,10)11/h4,6,12H,2-3H2,1H3. The first kappa shape index (κ1) is 9.51. The average Bonchev–Trinajstić information content (AvgIpc) is 2.26. The summed E-state index contributed by atoms with van der Waals surface area (Å²) in [7, 11) is 1.50. The molecule has 0 spiro atoms. The summed E-state index contributed by atoms with van der Waals surface area (Å²) < 4.78 is 38.6. The fraction of sp³-hybridized carbons (Fsp3) is 0.625. The minimum atomic E-state index is -4.35. The van der Waals surface area contributed by atoms with E-state index in [1.54, 1.807) is 0 Å². The van der Waals surface area contributed by atoms with Gasteiger partial charge in [0.25, 0.3) is 0 Å². The third-order valence-electron chi connectivity index (χ3n) is 2.32. The van der Waals surface area contributed by atoms with Crippen LogP contribution in [0, 0.1) is 0 Å². The predicted molar refractivity (Wildman–Crippen MR) is 43.6 cm³/mol. The Hall–Kier alpha value is -1.04. The van der Waals surface area contributed by atoms with Gasteiger partial charge in [-0.15, -0.1) is 0 Å². The van der Waals surface area contributed by atoms with Crippen LogP contribution in [0.4, 0.5) is 13.2 Å². The SMILES string of the molecule is Cn1cc(C2CCN2)c(C(F)(F)F)n1.